The van der Waals surface area contributed by atoms with E-state index in [1.54, 1.807) is 11.3 Å². The smallest absolute Gasteiger partial charge is 0.264 e. The van der Waals surface area contributed by atoms with Crippen LogP contribution in [0.2, 0.25) is 0 Å². The highest BCUT2D eigenvalue weighted by atomic mass is 32.1. The maximum atomic E-state index is 12.3. The van der Waals surface area contributed by atoms with Crippen LogP contribution >= 0.6 is 11.3 Å². The highest BCUT2D eigenvalue weighted by molar-refractivity contribution is 7.08. The Morgan fingerprint density at radius 2 is 2.09 bits per heavy atom. The number of hydrogen-bond donors (Lipinski definition) is 1. The van der Waals surface area contributed by atoms with E-state index in [9.17, 15) is 4.79 Å². The SMILES string of the molecule is O=C(NCC1(c2ccsc2)CC1)C1COc2ccccc2O1. The van der Waals surface area contributed by atoms with E-state index in [-0.39, 0.29) is 17.9 Å². The van der Waals surface area contributed by atoms with Gasteiger partial charge >= 0.3 is 0 Å². The Kier molecular flexibility index (Phi) is 3.30. The summed E-state index contributed by atoms with van der Waals surface area (Å²) in [5.74, 6) is 1.23. The van der Waals surface area contributed by atoms with Crippen molar-refractivity contribution < 1.29 is 14.3 Å². The zero-order valence-corrected chi connectivity index (χ0v) is 12.9. The molecule has 22 heavy (non-hydrogen) atoms. The van der Waals surface area contributed by atoms with Crippen molar-refractivity contribution in [1.29, 1.82) is 0 Å². The lowest BCUT2D eigenvalue weighted by molar-refractivity contribution is -0.130. The van der Waals surface area contributed by atoms with Gasteiger partial charge in [0.25, 0.3) is 5.91 Å². The number of para-hydroxylation sites is 2. The van der Waals surface area contributed by atoms with E-state index in [2.05, 4.69) is 22.1 Å². The number of fused-ring (bicyclic) bond motifs is 1. The van der Waals surface area contributed by atoms with Gasteiger partial charge in [0.05, 0.1) is 0 Å². The van der Waals surface area contributed by atoms with Crippen LogP contribution in [-0.4, -0.2) is 25.2 Å². The third kappa shape index (κ3) is 2.46. The number of thiophene rings is 1. The summed E-state index contributed by atoms with van der Waals surface area (Å²) >= 11 is 1.70. The van der Waals surface area contributed by atoms with Gasteiger partial charge in [-0.2, -0.15) is 11.3 Å². The molecule has 1 atom stereocenters. The van der Waals surface area contributed by atoms with Crippen molar-refractivity contribution in [2.45, 2.75) is 24.4 Å². The van der Waals surface area contributed by atoms with Crippen molar-refractivity contribution >= 4 is 17.2 Å². The number of amides is 1. The fraction of sp³-hybridized carbons (Fsp3) is 0.353. The average molecular weight is 315 g/mol. The topological polar surface area (TPSA) is 47.6 Å². The molecule has 2 aromatic rings. The average Bonchev–Trinajstić information content (AvgIpc) is 3.15. The van der Waals surface area contributed by atoms with Gasteiger partial charge in [0, 0.05) is 12.0 Å². The molecular formula is C17H17NO3S. The third-order valence-electron chi connectivity index (χ3n) is 4.39. The van der Waals surface area contributed by atoms with Crippen molar-refractivity contribution in [1.82, 2.24) is 5.32 Å². The predicted octanol–water partition coefficient (Wildman–Crippen LogP) is 2.74. The first-order chi connectivity index (χ1) is 10.8. The largest absolute Gasteiger partial charge is 0.485 e. The van der Waals surface area contributed by atoms with Crippen LogP contribution in [0.3, 0.4) is 0 Å². The number of benzene rings is 1. The number of carbonyl (C=O) groups is 1. The third-order valence-corrected chi connectivity index (χ3v) is 5.07. The van der Waals surface area contributed by atoms with E-state index in [4.69, 9.17) is 9.47 Å². The van der Waals surface area contributed by atoms with Crippen LogP contribution in [0.4, 0.5) is 0 Å². The monoisotopic (exact) mass is 315 g/mol. The summed E-state index contributed by atoms with van der Waals surface area (Å²) in [5.41, 5.74) is 1.48. The number of nitrogens with one attached hydrogen (secondary N) is 1. The van der Waals surface area contributed by atoms with Crippen LogP contribution in [0.15, 0.2) is 41.1 Å². The van der Waals surface area contributed by atoms with Gasteiger partial charge in [-0.05, 0) is 47.4 Å². The lowest BCUT2D eigenvalue weighted by atomic mass is 9.99. The molecule has 1 saturated carbocycles. The normalized spacial score (nSPS) is 21.2. The van der Waals surface area contributed by atoms with Crippen LogP contribution in [0.25, 0.3) is 0 Å². The molecule has 1 amide bonds. The molecule has 5 heteroatoms. The Labute approximate surface area is 133 Å². The molecule has 1 fully saturated rings. The second kappa shape index (κ2) is 5.32. The summed E-state index contributed by atoms with van der Waals surface area (Å²) in [7, 11) is 0. The van der Waals surface area contributed by atoms with Gasteiger partial charge < -0.3 is 14.8 Å². The lowest BCUT2D eigenvalue weighted by Gasteiger charge is -2.26. The molecule has 1 aliphatic carbocycles. The molecule has 4 nitrogen and oxygen atoms in total. The molecular weight excluding hydrogens is 298 g/mol. The number of hydrogen-bond acceptors (Lipinski definition) is 4. The van der Waals surface area contributed by atoms with Gasteiger partial charge in [-0.25, -0.2) is 0 Å². The summed E-state index contributed by atoms with van der Waals surface area (Å²) in [5, 5.41) is 7.30. The van der Waals surface area contributed by atoms with Gasteiger partial charge in [-0.1, -0.05) is 12.1 Å². The Bertz CT molecular complexity index is 679. The Morgan fingerprint density at radius 1 is 1.27 bits per heavy atom. The maximum absolute atomic E-state index is 12.3. The van der Waals surface area contributed by atoms with E-state index >= 15 is 0 Å². The van der Waals surface area contributed by atoms with Crippen molar-refractivity contribution in [3.63, 3.8) is 0 Å². The van der Waals surface area contributed by atoms with Gasteiger partial charge in [0.15, 0.2) is 11.5 Å². The summed E-state index contributed by atoms with van der Waals surface area (Å²) in [4.78, 5) is 12.3. The highest BCUT2D eigenvalue weighted by Crippen LogP contribution is 2.48. The van der Waals surface area contributed by atoms with Crippen LogP contribution in [0.1, 0.15) is 18.4 Å². The second-order valence-corrected chi connectivity index (χ2v) is 6.65. The molecule has 4 rings (SSSR count). The van der Waals surface area contributed by atoms with Gasteiger partial charge in [-0.15, -0.1) is 0 Å². The number of rotatable bonds is 4. The summed E-state index contributed by atoms with van der Waals surface area (Å²) in [6, 6.07) is 9.58. The molecule has 0 radical (unpaired) electrons. The maximum Gasteiger partial charge on any atom is 0.264 e. The summed E-state index contributed by atoms with van der Waals surface area (Å²) in [6.45, 7) is 0.929. The molecule has 1 aromatic heterocycles. The molecule has 114 valence electrons. The van der Waals surface area contributed by atoms with E-state index in [0.717, 1.165) is 12.8 Å². The van der Waals surface area contributed by atoms with Crippen LogP contribution in [0, 0.1) is 0 Å². The zero-order chi connectivity index (χ0) is 15.0. The first-order valence-electron chi connectivity index (χ1n) is 7.46. The first kappa shape index (κ1) is 13.6. The lowest BCUT2D eigenvalue weighted by Crippen LogP contribution is -2.46. The van der Waals surface area contributed by atoms with Crippen LogP contribution in [0.5, 0.6) is 11.5 Å². The van der Waals surface area contributed by atoms with Gasteiger partial charge in [0.1, 0.15) is 6.61 Å². The molecule has 2 heterocycles. The van der Waals surface area contributed by atoms with Crippen LogP contribution in [-0.2, 0) is 10.2 Å². The van der Waals surface area contributed by atoms with Crippen molar-refractivity contribution in [3.8, 4) is 11.5 Å². The van der Waals surface area contributed by atoms with Crippen molar-refractivity contribution in [2.75, 3.05) is 13.2 Å². The molecule has 1 aliphatic heterocycles. The molecule has 0 spiro atoms. The van der Waals surface area contributed by atoms with Gasteiger partial charge in [-0.3, -0.25) is 4.79 Å². The van der Waals surface area contributed by atoms with E-state index in [0.29, 0.717) is 18.0 Å². The summed E-state index contributed by atoms with van der Waals surface area (Å²) in [6.07, 6.45) is 1.69. The molecule has 2 aliphatic rings. The Hall–Kier alpha value is -2.01. The first-order valence-corrected chi connectivity index (χ1v) is 8.40. The fourth-order valence-corrected chi connectivity index (χ4v) is 3.58. The van der Waals surface area contributed by atoms with Crippen molar-refractivity contribution in [2.24, 2.45) is 0 Å². The fourth-order valence-electron chi connectivity index (χ4n) is 2.80. The summed E-state index contributed by atoms with van der Waals surface area (Å²) < 4.78 is 11.3. The number of ether oxygens (including phenoxy) is 2. The minimum Gasteiger partial charge on any atom is -0.485 e. The standard InChI is InChI=1S/C17H17NO3S/c19-16(15-9-20-13-3-1-2-4-14(13)21-15)18-11-17(6-7-17)12-5-8-22-10-12/h1-5,8,10,15H,6-7,9,11H2,(H,18,19). The predicted molar refractivity (Wildman–Crippen MR) is 84.6 cm³/mol. The zero-order valence-electron chi connectivity index (χ0n) is 12.1. The number of carbonyl (C=O) groups excluding carboxylic acids is 1. The second-order valence-electron chi connectivity index (χ2n) is 5.87. The van der Waals surface area contributed by atoms with E-state index in [1.807, 2.05) is 24.3 Å². The van der Waals surface area contributed by atoms with Crippen LogP contribution < -0.4 is 14.8 Å². The minimum absolute atomic E-state index is 0.101. The Morgan fingerprint density at radius 3 is 2.82 bits per heavy atom. The van der Waals surface area contributed by atoms with Gasteiger partial charge in [0.2, 0.25) is 6.10 Å². The quantitative estimate of drug-likeness (QED) is 0.944. The van der Waals surface area contributed by atoms with Crippen molar-refractivity contribution in [3.05, 3.63) is 46.7 Å². The molecule has 1 unspecified atom stereocenters. The molecule has 0 saturated heterocycles. The van der Waals surface area contributed by atoms with E-state index in [1.165, 1.54) is 5.56 Å². The van der Waals surface area contributed by atoms with E-state index < -0.39 is 6.10 Å². The molecule has 0 bridgehead atoms. The molecule has 1 N–H and O–H groups in total. The highest BCUT2D eigenvalue weighted by Gasteiger charge is 2.45. The molecule has 1 aromatic carbocycles. The minimum atomic E-state index is -0.576. The Balaban J connectivity index is 1.38.